The number of aryl methyl sites for hydroxylation is 1. The first-order chi connectivity index (χ1) is 16.7. The van der Waals surface area contributed by atoms with E-state index in [1.165, 1.54) is 19.0 Å². The van der Waals surface area contributed by atoms with E-state index in [0.29, 0.717) is 11.1 Å². The number of aliphatic hydroxyl groups excluding tert-OH is 2. The summed E-state index contributed by atoms with van der Waals surface area (Å²) >= 11 is 0. The molecule has 1 amide bonds. The highest BCUT2D eigenvalue weighted by Gasteiger charge is 2.69. The van der Waals surface area contributed by atoms with Crippen molar-refractivity contribution >= 4 is 29.2 Å². The number of carbonyl (C=O) groups excluding carboxylic acids is 4. The molecule has 0 aliphatic heterocycles. The molecule has 2 unspecified atom stereocenters. The highest BCUT2D eigenvalue weighted by Crippen LogP contribution is 2.57. The Labute approximate surface area is 206 Å². The summed E-state index contributed by atoms with van der Waals surface area (Å²) in [6, 6.07) is 1.90. The van der Waals surface area contributed by atoms with Gasteiger partial charge in [-0.25, -0.2) is 0 Å². The summed E-state index contributed by atoms with van der Waals surface area (Å²) in [6.07, 6.45) is -1.40. The van der Waals surface area contributed by atoms with E-state index < -0.39 is 81.6 Å². The number of nitrogens with zero attached hydrogens (tertiary/aromatic N) is 1. The van der Waals surface area contributed by atoms with E-state index in [9.17, 15) is 39.6 Å². The molecule has 0 bridgehead atoms. The van der Waals surface area contributed by atoms with E-state index in [1.807, 2.05) is 0 Å². The van der Waals surface area contributed by atoms with Crippen LogP contribution in [0, 0.1) is 18.8 Å². The molecule has 3 aliphatic carbocycles. The number of rotatable bonds is 3. The molecule has 36 heavy (non-hydrogen) atoms. The van der Waals surface area contributed by atoms with Gasteiger partial charge in [0.2, 0.25) is 5.78 Å². The number of aromatic hydroxyl groups is 1. The number of nitrogens with two attached hydrogens (primary N) is 1. The van der Waals surface area contributed by atoms with Crippen LogP contribution in [0.1, 0.15) is 36.5 Å². The van der Waals surface area contributed by atoms with Crippen molar-refractivity contribution in [1.29, 1.82) is 0 Å². The van der Waals surface area contributed by atoms with Gasteiger partial charge in [-0.1, -0.05) is 19.1 Å². The molecule has 1 fully saturated rings. The zero-order valence-electron chi connectivity index (χ0n) is 20.4. The van der Waals surface area contributed by atoms with Gasteiger partial charge in [0, 0.05) is 18.4 Å². The van der Waals surface area contributed by atoms with Crippen LogP contribution in [-0.2, 0) is 23.9 Å². The Morgan fingerprint density at radius 1 is 1.14 bits per heavy atom. The van der Waals surface area contributed by atoms with E-state index in [1.54, 1.807) is 26.0 Å². The van der Waals surface area contributed by atoms with Crippen molar-refractivity contribution in [3.05, 3.63) is 45.7 Å². The molecule has 0 spiro atoms. The first-order valence-electron chi connectivity index (χ1n) is 11.3. The van der Waals surface area contributed by atoms with Crippen molar-refractivity contribution in [2.75, 3.05) is 14.1 Å². The molecule has 1 saturated carbocycles. The van der Waals surface area contributed by atoms with E-state index >= 15 is 0 Å². The largest absolute Gasteiger partial charge is 0.508 e. The summed E-state index contributed by atoms with van der Waals surface area (Å²) in [5.41, 5.74) is 1.89. The second kappa shape index (κ2) is 8.17. The van der Waals surface area contributed by atoms with Gasteiger partial charge in [0.1, 0.15) is 28.9 Å². The topological polar surface area (TPSA) is 188 Å². The van der Waals surface area contributed by atoms with Crippen LogP contribution in [0.15, 0.2) is 29.0 Å². The molecule has 3 aliphatic rings. The third-order valence-corrected chi connectivity index (χ3v) is 7.61. The highest BCUT2D eigenvalue weighted by atomic mass is 16.5. The molecular weight excluding hydrogens is 472 g/mol. The first kappa shape index (κ1) is 25.4. The second-order valence-electron chi connectivity index (χ2n) is 9.83. The fraction of sp³-hybridized carbons (Fsp3) is 0.440. The molecule has 0 aromatic heterocycles. The lowest BCUT2D eigenvalue weighted by Crippen LogP contribution is -2.71. The molecule has 11 heteroatoms. The van der Waals surface area contributed by atoms with Crippen molar-refractivity contribution in [2.24, 2.45) is 17.6 Å². The van der Waals surface area contributed by atoms with Gasteiger partial charge in [-0.05, 0) is 38.1 Å². The van der Waals surface area contributed by atoms with Gasteiger partial charge in [0.15, 0.2) is 11.4 Å². The molecule has 192 valence electrons. The van der Waals surface area contributed by atoms with Gasteiger partial charge in [0.05, 0.1) is 17.5 Å². The second-order valence-corrected chi connectivity index (χ2v) is 9.83. The molecule has 0 heterocycles. The highest BCUT2D eigenvalue weighted by molar-refractivity contribution is 6.24. The smallest absolute Gasteiger partial charge is 0.302 e. The number of ketones is 2. The van der Waals surface area contributed by atoms with Crippen molar-refractivity contribution in [1.82, 2.24) is 4.90 Å². The molecule has 1 aromatic rings. The Balaban J connectivity index is 2.13. The fourth-order valence-corrected chi connectivity index (χ4v) is 6.02. The molecule has 0 radical (unpaired) electrons. The summed E-state index contributed by atoms with van der Waals surface area (Å²) in [6.45, 7) is 4.40. The minimum atomic E-state index is -2.94. The number of aliphatic hydroxyl groups is 3. The third-order valence-electron chi connectivity index (χ3n) is 7.61. The van der Waals surface area contributed by atoms with Crippen molar-refractivity contribution in [2.45, 2.75) is 44.4 Å². The molecule has 4 rings (SSSR count). The number of hydrogen-bond donors (Lipinski definition) is 5. The lowest BCUT2D eigenvalue weighted by molar-refractivity contribution is -0.184. The number of ether oxygens (including phenoxy) is 1. The number of carbonyl (C=O) groups is 4. The van der Waals surface area contributed by atoms with Gasteiger partial charge < -0.3 is 30.9 Å². The van der Waals surface area contributed by atoms with E-state index in [0.717, 1.165) is 6.92 Å². The predicted molar refractivity (Wildman–Crippen MR) is 125 cm³/mol. The molecule has 6 N–H and O–H groups in total. The average molecular weight is 501 g/mol. The van der Waals surface area contributed by atoms with E-state index in [4.69, 9.17) is 10.5 Å². The Bertz CT molecular complexity index is 1290. The normalized spacial score (nSPS) is 31.7. The van der Waals surface area contributed by atoms with Crippen LogP contribution in [0.25, 0.3) is 5.76 Å². The van der Waals surface area contributed by atoms with Gasteiger partial charge in [-0.15, -0.1) is 0 Å². The maximum Gasteiger partial charge on any atom is 0.302 e. The van der Waals surface area contributed by atoms with Crippen molar-refractivity contribution < 1.29 is 44.3 Å². The lowest BCUT2D eigenvalue weighted by Gasteiger charge is -2.54. The average Bonchev–Trinajstić information content (AvgIpc) is 2.77. The molecular formula is C25H28N2O9. The zero-order chi connectivity index (χ0) is 27.0. The predicted octanol–water partition coefficient (Wildman–Crippen LogP) is 0.375. The number of likely N-dealkylation sites (N-methyl/N-ethyl adjacent to an activating group) is 1. The number of phenols is 1. The fourth-order valence-electron chi connectivity index (χ4n) is 6.02. The van der Waals surface area contributed by atoms with E-state index in [-0.39, 0.29) is 11.3 Å². The summed E-state index contributed by atoms with van der Waals surface area (Å²) in [7, 11) is 2.92. The van der Waals surface area contributed by atoms with Crippen LogP contribution in [-0.4, -0.2) is 80.6 Å². The number of Topliss-reactive ketones (excluding diaryl/α,β-unsaturated/α-hetero) is 2. The molecule has 11 nitrogen and oxygen atoms in total. The summed E-state index contributed by atoms with van der Waals surface area (Å²) in [5.74, 6) is -9.74. The van der Waals surface area contributed by atoms with Gasteiger partial charge in [-0.3, -0.25) is 24.1 Å². The first-order valence-corrected chi connectivity index (χ1v) is 11.3. The quantitative estimate of drug-likeness (QED) is 0.287. The maximum atomic E-state index is 14.0. The van der Waals surface area contributed by atoms with Crippen LogP contribution >= 0.6 is 0 Å². The van der Waals surface area contributed by atoms with Crippen LogP contribution in [0.4, 0.5) is 0 Å². The Hall–Kier alpha value is -3.70. The zero-order valence-corrected chi connectivity index (χ0v) is 20.4. The number of amides is 1. The Morgan fingerprint density at radius 2 is 1.75 bits per heavy atom. The number of fused-ring (bicyclic) bond motifs is 3. The Kier molecular flexibility index (Phi) is 5.76. The maximum absolute atomic E-state index is 14.0. The van der Waals surface area contributed by atoms with E-state index in [2.05, 4.69) is 0 Å². The van der Waals surface area contributed by atoms with Crippen LogP contribution in [0.2, 0.25) is 0 Å². The SMILES string of the molecule is CC(=O)O[C@H]1C2C(=C(O)c3c(ccc(C)c3O)[C@@H]2C)C(=O)[C@]2(O)C(O)=C(C(N)=O)C(=O)[C@@H](N(C)C)C12. The van der Waals surface area contributed by atoms with Gasteiger partial charge in [-0.2, -0.15) is 0 Å². The number of esters is 1. The van der Waals surface area contributed by atoms with Crippen LogP contribution in [0.5, 0.6) is 5.75 Å². The van der Waals surface area contributed by atoms with Crippen LogP contribution < -0.4 is 5.73 Å². The molecule has 0 saturated heterocycles. The molecule has 1 aromatic carbocycles. The monoisotopic (exact) mass is 500 g/mol. The number of phenolic OH excluding ortho intramolecular Hbond substituents is 1. The standard InChI is InChI=1S/C25H28N2O9/c1-8-6-7-11-9(2)12-14(19(30)13(11)18(8)29)22(32)25(35)16(21(12)36-10(3)28)17(27(4)5)20(31)15(23(25)33)24(26)34/h6-7,9,12,16-17,21,29-30,33,35H,1-5H3,(H2,26,34)/t9-,12?,16?,17-,21-,25-/m0/s1. The lowest BCUT2D eigenvalue weighted by atomic mass is 9.54. The molecule has 6 atom stereocenters. The minimum Gasteiger partial charge on any atom is -0.508 e. The van der Waals surface area contributed by atoms with Crippen molar-refractivity contribution in [3.63, 3.8) is 0 Å². The Morgan fingerprint density at radius 3 is 2.28 bits per heavy atom. The summed E-state index contributed by atoms with van der Waals surface area (Å²) in [5, 5.41) is 44.8. The summed E-state index contributed by atoms with van der Waals surface area (Å²) < 4.78 is 5.62. The summed E-state index contributed by atoms with van der Waals surface area (Å²) in [4.78, 5) is 53.0. The van der Waals surface area contributed by atoms with Gasteiger partial charge >= 0.3 is 5.97 Å². The minimum absolute atomic E-state index is 0.0274. The van der Waals surface area contributed by atoms with Gasteiger partial charge in [0.25, 0.3) is 5.91 Å². The van der Waals surface area contributed by atoms with Crippen molar-refractivity contribution in [3.8, 4) is 5.75 Å². The third kappa shape index (κ3) is 3.12. The number of primary amides is 1. The van der Waals surface area contributed by atoms with Crippen LogP contribution in [0.3, 0.4) is 0 Å². The number of hydrogen-bond acceptors (Lipinski definition) is 10. The number of benzene rings is 1.